The van der Waals surface area contributed by atoms with Crippen LogP contribution in [-0.2, 0) is 6.54 Å². The van der Waals surface area contributed by atoms with Crippen LogP contribution >= 0.6 is 23.8 Å². The number of nitrogens with zero attached hydrogens (tertiary/aromatic N) is 2. The lowest BCUT2D eigenvalue weighted by atomic mass is 10.2. The van der Waals surface area contributed by atoms with Crippen LogP contribution in [0, 0.1) is 4.77 Å². The van der Waals surface area contributed by atoms with Gasteiger partial charge in [0.15, 0.2) is 4.77 Å². The van der Waals surface area contributed by atoms with E-state index in [9.17, 15) is 4.79 Å². The Bertz CT molecular complexity index is 886. The molecule has 0 bridgehead atoms. The second-order valence-corrected chi connectivity index (χ2v) is 5.16. The number of aromatic nitrogens is 3. The van der Waals surface area contributed by atoms with Gasteiger partial charge in [-0.15, -0.1) is 0 Å². The summed E-state index contributed by atoms with van der Waals surface area (Å²) in [5.74, 6) is 0. The first-order valence-corrected chi connectivity index (χ1v) is 6.76. The van der Waals surface area contributed by atoms with Crippen molar-refractivity contribution in [2.75, 3.05) is 0 Å². The van der Waals surface area contributed by atoms with Crippen molar-refractivity contribution in [3.8, 4) is 0 Å². The SMILES string of the molecule is O=c1c2ccc(Cl)cc2[nH]c(=S)n1Cc1ccccn1. The Morgan fingerprint density at radius 2 is 2.15 bits per heavy atom. The Balaban J connectivity index is 2.19. The summed E-state index contributed by atoms with van der Waals surface area (Å²) >= 11 is 11.2. The number of aromatic amines is 1. The second kappa shape index (κ2) is 5.19. The van der Waals surface area contributed by atoms with E-state index in [4.69, 9.17) is 23.8 Å². The number of hydrogen-bond donors (Lipinski definition) is 1. The standard InChI is InChI=1S/C14H10ClN3OS/c15-9-4-5-11-12(7-9)17-14(20)18(13(11)19)8-10-3-1-2-6-16-10/h1-7H,8H2,(H,17,20). The summed E-state index contributed by atoms with van der Waals surface area (Å²) in [5, 5.41) is 1.11. The van der Waals surface area contributed by atoms with E-state index in [1.54, 1.807) is 24.4 Å². The van der Waals surface area contributed by atoms with Crippen LogP contribution in [0.3, 0.4) is 0 Å². The molecule has 0 aliphatic heterocycles. The Hall–Kier alpha value is -1.98. The number of H-pyrrole nitrogens is 1. The monoisotopic (exact) mass is 303 g/mol. The van der Waals surface area contributed by atoms with Gasteiger partial charge in [-0.1, -0.05) is 17.7 Å². The number of rotatable bonds is 2. The highest BCUT2D eigenvalue weighted by Gasteiger charge is 2.07. The maximum atomic E-state index is 12.5. The average Bonchev–Trinajstić information content (AvgIpc) is 2.44. The van der Waals surface area contributed by atoms with Crippen molar-refractivity contribution in [1.82, 2.24) is 14.5 Å². The molecule has 0 unspecified atom stereocenters. The van der Waals surface area contributed by atoms with Crippen molar-refractivity contribution in [2.24, 2.45) is 0 Å². The third kappa shape index (κ3) is 2.37. The molecule has 0 amide bonds. The van der Waals surface area contributed by atoms with Gasteiger partial charge in [-0.25, -0.2) is 0 Å². The Morgan fingerprint density at radius 3 is 2.90 bits per heavy atom. The molecule has 0 aliphatic carbocycles. The Labute approximate surface area is 124 Å². The van der Waals surface area contributed by atoms with Crippen LogP contribution in [0.5, 0.6) is 0 Å². The van der Waals surface area contributed by atoms with E-state index >= 15 is 0 Å². The smallest absolute Gasteiger partial charge is 0.262 e. The van der Waals surface area contributed by atoms with E-state index in [0.717, 1.165) is 5.69 Å². The highest BCUT2D eigenvalue weighted by atomic mass is 35.5. The summed E-state index contributed by atoms with van der Waals surface area (Å²) in [4.78, 5) is 19.7. The zero-order valence-corrected chi connectivity index (χ0v) is 11.9. The number of pyridine rings is 1. The number of hydrogen-bond acceptors (Lipinski definition) is 3. The van der Waals surface area contributed by atoms with Crippen molar-refractivity contribution < 1.29 is 0 Å². The molecule has 0 fully saturated rings. The molecule has 1 N–H and O–H groups in total. The molecule has 3 rings (SSSR count). The normalized spacial score (nSPS) is 10.8. The van der Waals surface area contributed by atoms with Crippen LogP contribution in [0.1, 0.15) is 5.69 Å². The number of fused-ring (bicyclic) bond motifs is 1. The minimum atomic E-state index is -0.147. The predicted octanol–water partition coefficient (Wildman–Crippen LogP) is 3.16. The average molecular weight is 304 g/mol. The first-order valence-electron chi connectivity index (χ1n) is 5.97. The molecule has 4 nitrogen and oxygen atoms in total. The molecular formula is C14H10ClN3OS. The predicted molar refractivity (Wildman–Crippen MR) is 81.7 cm³/mol. The van der Waals surface area contributed by atoms with Crippen LogP contribution < -0.4 is 5.56 Å². The molecule has 1 aromatic carbocycles. The summed E-state index contributed by atoms with van der Waals surface area (Å²) in [6, 6.07) is 10.6. The summed E-state index contributed by atoms with van der Waals surface area (Å²) in [5.41, 5.74) is 1.28. The van der Waals surface area contributed by atoms with Crippen LogP contribution in [0.15, 0.2) is 47.4 Å². The molecule has 0 spiro atoms. The highest BCUT2D eigenvalue weighted by Crippen LogP contribution is 2.14. The van der Waals surface area contributed by atoms with E-state index in [2.05, 4.69) is 9.97 Å². The fraction of sp³-hybridized carbons (Fsp3) is 0.0714. The molecule has 2 aromatic heterocycles. The number of benzene rings is 1. The maximum Gasteiger partial charge on any atom is 0.262 e. The van der Waals surface area contributed by atoms with Gasteiger partial charge >= 0.3 is 0 Å². The van der Waals surface area contributed by atoms with E-state index in [0.29, 0.717) is 27.2 Å². The quantitative estimate of drug-likeness (QED) is 0.740. The van der Waals surface area contributed by atoms with Gasteiger partial charge in [-0.05, 0) is 42.5 Å². The fourth-order valence-electron chi connectivity index (χ4n) is 2.02. The van der Waals surface area contributed by atoms with Crippen LogP contribution in [0.25, 0.3) is 10.9 Å². The summed E-state index contributed by atoms with van der Waals surface area (Å²) in [7, 11) is 0. The molecule has 3 aromatic rings. The van der Waals surface area contributed by atoms with Gasteiger partial charge in [0.25, 0.3) is 5.56 Å². The second-order valence-electron chi connectivity index (χ2n) is 4.33. The van der Waals surface area contributed by atoms with Gasteiger partial charge in [0.1, 0.15) is 0 Å². The van der Waals surface area contributed by atoms with Crippen molar-refractivity contribution in [2.45, 2.75) is 6.54 Å². The van der Waals surface area contributed by atoms with Gasteiger partial charge < -0.3 is 4.98 Å². The maximum absolute atomic E-state index is 12.5. The minimum Gasteiger partial charge on any atom is -0.331 e. The van der Waals surface area contributed by atoms with Crippen molar-refractivity contribution in [3.05, 3.63) is 68.4 Å². The molecule has 0 atom stereocenters. The zero-order chi connectivity index (χ0) is 14.1. The van der Waals surface area contributed by atoms with Gasteiger partial charge in [0.05, 0.1) is 23.1 Å². The molecule has 6 heteroatoms. The molecule has 2 heterocycles. The first kappa shape index (κ1) is 13.0. The first-order chi connectivity index (χ1) is 9.65. The van der Waals surface area contributed by atoms with Crippen molar-refractivity contribution in [3.63, 3.8) is 0 Å². The van der Waals surface area contributed by atoms with Crippen molar-refractivity contribution >= 4 is 34.7 Å². The Morgan fingerprint density at radius 1 is 1.30 bits per heavy atom. The highest BCUT2D eigenvalue weighted by molar-refractivity contribution is 7.71. The topological polar surface area (TPSA) is 50.7 Å². The third-order valence-corrected chi connectivity index (χ3v) is 3.55. The van der Waals surface area contributed by atoms with E-state index in [1.165, 1.54) is 4.57 Å². The van der Waals surface area contributed by atoms with Crippen LogP contribution in [0.2, 0.25) is 5.02 Å². The molecule has 0 saturated heterocycles. The van der Waals surface area contributed by atoms with Gasteiger partial charge in [0, 0.05) is 11.2 Å². The molecule has 0 radical (unpaired) electrons. The van der Waals surface area contributed by atoms with Crippen LogP contribution in [0.4, 0.5) is 0 Å². The number of halogens is 1. The van der Waals surface area contributed by atoms with Gasteiger partial charge in [0.2, 0.25) is 0 Å². The largest absolute Gasteiger partial charge is 0.331 e. The molecule has 20 heavy (non-hydrogen) atoms. The van der Waals surface area contributed by atoms with E-state index in [1.807, 2.05) is 18.2 Å². The van der Waals surface area contributed by atoms with E-state index in [-0.39, 0.29) is 5.56 Å². The van der Waals surface area contributed by atoms with Gasteiger partial charge in [-0.3, -0.25) is 14.3 Å². The Kier molecular flexibility index (Phi) is 3.38. The minimum absolute atomic E-state index is 0.147. The van der Waals surface area contributed by atoms with Gasteiger partial charge in [-0.2, -0.15) is 0 Å². The summed E-state index contributed by atoms with van der Waals surface area (Å²) in [6.45, 7) is 0.341. The van der Waals surface area contributed by atoms with Crippen molar-refractivity contribution in [1.29, 1.82) is 0 Å². The van der Waals surface area contributed by atoms with E-state index < -0.39 is 0 Å². The molecular weight excluding hydrogens is 294 g/mol. The lowest BCUT2D eigenvalue weighted by Crippen LogP contribution is -2.23. The third-order valence-electron chi connectivity index (χ3n) is 2.99. The lowest BCUT2D eigenvalue weighted by molar-refractivity contribution is 0.717. The number of nitrogens with one attached hydrogen (secondary N) is 1. The molecule has 0 aliphatic rings. The zero-order valence-electron chi connectivity index (χ0n) is 10.3. The summed E-state index contributed by atoms with van der Waals surface area (Å²) in [6.07, 6.45) is 1.69. The molecule has 100 valence electrons. The summed E-state index contributed by atoms with van der Waals surface area (Å²) < 4.78 is 1.85. The molecule has 0 saturated carbocycles. The van der Waals surface area contributed by atoms with Crippen LogP contribution in [-0.4, -0.2) is 14.5 Å². The fourth-order valence-corrected chi connectivity index (χ4v) is 2.45. The lowest BCUT2D eigenvalue weighted by Gasteiger charge is -2.07.